The van der Waals surface area contributed by atoms with Crippen molar-refractivity contribution in [2.24, 2.45) is 11.8 Å². The van der Waals surface area contributed by atoms with E-state index in [0.717, 1.165) is 0 Å². The zero-order valence-electron chi connectivity index (χ0n) is 17.0. The molecule has 0 saturated heterocycles. The summed E-state index contributed by atoms with van der Waals surface area (Å²) in [5.74, 6) is -1.29. The van der Waals surface area contributed by atoms with Gasteiger partial charge in [0, 0.05) is 24.0 Å². The Bertz CT molecular complexity index is 1210. The molecule has 2 saturated carbocycles. The molecular formula is C21H21ClN4O5S. The van der Waals surface area contributed by atoms with Gasteiger partial charge >= 0.3 is 0 Å². The molecule has 32 heavy (non-hydrogen) atoms. The summed E-state index contributed by atoms with van der Waals surface area (Å²) >= 11 is 6.13. The third-order valence-electron chi connectivity index (χ3n) is 6.00. The van der Waals surface area contributed by atoms with Crippen LogP contribution in [0.3, 0.4) is 0 Å². The van der Waals surface area contributed by atoms with Gasteiger partial charge in [-0.05, 0) is 37.8 Å². The molecule has 2 aliphatic carbocycles. The van der Waals surface area contributed by atoms with Crippen LogP contribution in [0, 0.1) is 23.2 Å². The molecule has 2 fully saturated rings. The summed E-state index contributed by atoms with van der Waals surface area (Å²) in [5.41, 5.74) is -1.24. The van der Waals surface area contributed by atoms with Crippen molar-refractivity contribution in [2.45, 2.75) is 41.4 Å². The van der Waals surface area contributed by atoms with Gasteiger partial charge in [-0.3, -0.25) is 9.59 Å². The molecule has 1 heterocycles. The molecule has 0 spiro atoms. The summed E-state index contributed by atoms with van der Waals surface area (Å²) in [7, 11) is -3.79. The summed E-state index contributed by atoms with van der Waals surface area (Å²) in [6.45, 7) is 0.0330. The van der Waals surface area contributed by atoms with Crippen molar-refractivity contribution in [2.75, 3.05) is 6.61 Å². The first kappa shape index (κ1) is 22.3. The van der Waals surface area contributed by atoms with Crippen molar-refractivity contribution in [3.05, 3.63) is 51.8 Å². The minimum Gasteiger partial charge on any atom is -0.476 e. The molecule has 3 atom stereocenters. The molecule has 1 aromatic carbocycles. The van der Waals surface area contributed by atoms with Crippen LogP contribution in [-0.2, 0) is 14.6 Å². The zero-order chi connectivity index (χ0) is 22.9. The molecule has 1 amide bonds. The average Bonchev–Trinajstić information content (AvgIpc) is 3.40. The highest BCUT2D eigenvalue weighted by Gasteiger charge is 2.50. The molecule has 1 aromatic heterocycles. The molecule has 9 nitrogen and oxygen atoms in total. The van der Waals surface area contributed by atoms with Gasteiger partial charge in [0.25, 0.3) is 5.56 Å². The number of halogens is 1. The van der Waals surface area contributed by atoms with Gasteiger partial charge in [0.1, 0.15) is 5.54 Å². The van der Waals surface area contributed by atoms with Gasteiger partial charge in [-0.2, -0.15) is 5.26 Å². The molecule has 4 rings (SSSR count). The standard InChI is InChI=1S/C21H21ClN4O5S/c22-16-3-1-2-4-17(16)32(29,30)14-9-13(11-31-19-6-5-18(27)25-26-19)15(10-14)20(28)24-21(12-23)7-8-21/h1-6,13-15H,7-11H2,(H,24,28)(H,25,27). The lowest BCUT2D eigenvalue weighted by atomic mass is 9.95. The Kier molecular flexibility index (Phi) is 5.97. The van der Waals surface area contributed by atoms with E-state index in [1.54, 1.807) is 12.1 Å². The van der Waals surface area contributed by atoms with Crippen molar-refractivity contribution in [3.8, 4) is 11.9 Å². The maximum atomic E-state index is 13.3. The normalized spacial score (nSPS) is 23.8. The maximum absolute atomic E-state index is 13.3. The van der Waals surface area contributed by atoms with E-state index in [1.807, 2.05) is 0 Å². The van der Waals surface area contributed by atoms with Crippen LogP contribution in [0.15, 0.2) is 46.1 Å². The Morgan fingerprint density at radius 2 is 2.03 bits per heavy atom. The molecule has 168 valence electrons. The SMILES string of the molecule is N#CC1(NC(=O)C2CC(S(=O)(=O)c3ccccc3Cl)CC2COc2ccc(=O)[nH]n2)CC1. The number of aromatic amines is 1. The zero-order valence-corrected chi connectivity index (χ0v) is 18.5. The van der Waals surface area contributed by atoms with E-state index in [1.165, 1.54) is 24.3 Å². The summed E-state index contributed by atoms with van der Waals surface area (Å²) in [5, 5.41) is 17.4. The van der Waals surface area contributed by atoms with Crippen LogP contribution in [0.2, 0.25) is 5.02 Å². The molecule has 2 N–H and O–H groups in total. The van der Waals surface area contributed by atoms with E-state index in [9.17, 15) is 23.3 Å². The van der Waals surface area contributed by atoms with Crippen LogP contribution in [0.5, 0.6) is 5.88 Å². The second kappa shape index (κ2) is 8.56. The Balaban J connectivity index is 1.56. The number of carbonyl (C=O) groups excluding carboxylic acids is 1. The molecule has 11 heteroatoms. The van der Waals surface area contributed by atoms with Crippen molar-refractivity contribution >= 4 is 27.3 Å². The monoisotopic (exact) mass is 476 g/mol. The molecule has 0 radical (unpaired) electrons. The first-order valence-corrected chi connectivity index (χ1v) is 12.1. The molecule has 0 bridgehead atoms. The summed E-state index contributed by atoms with van der Waals surface area (Å²) in [4.78, 5) is 24.2. The second-order valence-corrected chi connectivity index (χ2v) is 10.8. The number of ether oxygens (including phenoxy) is 1. The fraction of sp³-hybridized carbons (Fsp3) is 0.429. The summed E-state index contributed by atoms with van der Waals surface area (Å²) in [6.07, 6.45) is 1.43. The Hall–Kier alpha value is -2.90. The number of aromatic nitrogens is 2. The van der Waals surface area contributed by atoms with Gasteiger partial charge < -0.3 is 10.1 Å². The number of nitrogens with one attached hydrogen (secondary N) is 2. The van der Waals surface area contributed by atoms with Crippen LogP contribution >= 0.6 is 11.6 Å². The highest BCUT2D eigenvalue weighted by Crippen LogP contribution is 2.41. The van der Waals surface area contributed by atoms with Crippen LogP contribution in [0.1, 0.15) is 25.7 Å². The van der Waals surface area contributed by atoms with E-state index in [0.29, 0.717) is 12.8 Å². The smallest absolute Gasteiger partial charge is 0.264 e. The van der Waals surface area contributed by atoms with Crippen LogP contribution < -0.4 is 15.6 Å². The topological polar surface area (TPSA) is 142 Å². The largest absolute Gasteiger partial charge is 0.476 e. The minimum atomic E-state index is -3.79. The van der Waals surface area contributed by atoms with Gasteiger partial charge in [0.05, 0.1) is 27.8 Å². The van der Waals surface area contributed by atoms with E-state index in [4.69, 9.17) is 16.3 Å². The van der Waals surface area contributed by atoms with Crippen molar-refractivity contribution < 1.29 is 17.9 Å². The third-order valence-corrected chi connectivity index (χ3v) is 8.67. The maximum Gasteiger partial charge on any atom is 0.264 e. The lowest BCUT2D eigenvalue weighted by Gasteiger charge is -2.20. The lowest BCUT2D eigenvalue weighted by Crippen LogP contribution is -2.41. The van der Waals surface area contributed by atoms with Crippen LogP contribution in [-0.4, -0.2) is 41.9 Å². The Labute approximate surface area is 189 Å². The van der Waals surface area contributed by atoms with Gasteiger partial charge in [-0.15, -0.1) is 5.10 Å². The van der Waals surface area contributed by atoms with Crippen LogP contribution in [0.4, 0.5) is 0 Å². The number of hydrogen-bond acceptors (Lipinski definition) is 7. The van der Waals surface area contributed by atoms with Crippen LogP contribution in [0.25, 0.3) is 0 Å². The van der Waals surface area contributed by atoms with E-state index >= 15 is 0 Å². The predicted octanol–water partition coefficient (Wildman–Crippen LogP) is 1.84. The third kappa shape index (κ3) is 4.49. The van der Waals surface area contributed by atoms with E-state index in [2.05, 4.69) is 21.6 Å². The summed E-state index contributed by atoms with van der Waals surface area (Å²) in [6, 6.07) is 11.0. The number of hydrogen-bond donors (Lipinski definition) is 2. The quantitative estimate of drug-likeness (QED) is 0.620. The number of H-pyrrole nitrogens is 1. The first-order chi connectivity index (χ1) is 15.2. The number of amides is 1. The minimum absolute atomic E-state index is 0.0328. The fourth-order valence-corrected chi connectivity index (χ4v) is 6.40. The first-order valence-electron chi connectivity index (χ1n) is 10.1. The molecule has 3 unspecified atom stereocenters. The van der Waals surface area contributed by atoms with Gasteiger partial charge in [0.2, 0.25) is 11.8 Å². The number of rotatable bonds is 7. The van der Waals surface area contributed by atoms with Crippen molar-refractivity contribution in [1.29, 1.82) is 5.26 Å². The Morgan fingerprint density at radius 1 is 1.28 bits per heavy atom. The van der Waals surface area contributed by atoms with E-state index in [-0.39, 0.29) is 46.7 Å². The molecule has 2 aromatic rings. The highest BCUT2D eigenvalue weighted by atomic mass is 35.5. The predicted molar refractivity (Wildman–Crippen MR) is 115 cm³/mol. The van der Waals surface area contributed by atoms with E-state index < -0.39 is 32.5 Å². The Morgan fingerprint density at radius 3 is 2.66 bits per heavy atom. The number of benzene rings is 1. The molecule has 0 aliphatic heterocycles. The number of nitriles is 1. The fourth-order valence-electron chi connectivity index (χ4n) is 4.01. The highest BCUT2D eigenvalue weighted by molar-refractivity contribution is 7.92. The number of nitrogens with zero attached hydrogens (tertiary/aromatic N) is 2. The van der Waals surface area contributed by atoms with Crippen molar-refractivity contribution in [3.63, 3.8) is 0 Å². The number of carbonyl (C=O) groups is 1. The van der Waals surface area contributed by atoms with Gasteiger partial charge in [-0.25, -0.2) is 13.5 Å². The summed E-state index contributed by atoms with van der Waals surface area (Å²) < 4.78 is 32.2. The molecule has 2 aliphatic rings. The molecular weight excluding hydrogens is 456 g/mol. The average molecular weight is 477 g/mol. The lowest BCUT2D eigenvalue weighted by molar-refractivity contribution is -0.127. The number of sulfone groups is 1. The van der Waals surface area contributed by atoms with Gasteiger partial charge in [0.15, 0.2) is 9.84 Å². The van der Waals surface area contributed by atoms with Crippen molar-refractivity contribution in [1.82, 2.24) is 15.5 Å². The second-order valence-electron chi connectivity index (χ2n) is 8.19. The van der Waals surface area contributed by atoms with Gasteiger partial charge in [-0.1, -0.05) is 23.7 Å².